The number of nitrogens with zero attached hydrogens (tertiary/aromatic N) is 2. The minimum absolute atomic E-state index is 0.484. The summed E-state index contributed by atoms with van der Waals surface area (Å²) in [4.78, 5) is 11.8. The smallest absolute Gasteiger partial charge is 0.231 e. The second-order valence-corrected chi connectivity index (χ2v) is 5.85. The van der Waals surface area contributed by atoms with Crippen molar-refractivity contribution in [2.75, 3.05) is 7.11 Å². The predicted molar refractivity (Wildman–Crippen MR) is 97.4 cm³/mol. The Morgan fingerprint density at radius 1 is 0.960 bits per heavy atom. The molecule has 2 aromatic heterocycles. The number of aromatic amines is 1. The molecule has 4 rings (SSSR count). The van der Waals surface area contributed by atoms with Crippen molar-refractivity contribution in [1.29, 1.82) is 0 Å². The summed E-state index contributed by atoms with van der Waals surface area (Å²) < 4.78 is 11.2. The third kappa shape index (κ3) is 3.14. The van der Waals surface area contributed by atoms with Crippen LogP contribution in [0.25, 0.3) is 22.3 Å². The molecule has 0 saturated carbocycles. The standard InChI is InChI=1S/C19H14ClN3O2/c1-24-15-4-2-3-12(9-15)17-10-16-18(23-17)21-11-22-19(16)25-14-7-5-13(20)6-8-14/h2-11H,1H3,(H,21,22,23). The van der Waals surface area contributed by atoms with Crippen molar-refractivity contribution in [1.82, 2.24) is 15.0 Å². The number of halogens is 1. The summed E-state index contributed by atoms with van der Waals surface area (Å²) in [6.45, 7) is 0. The maximum atomic E-state index is 5.91. The van der Waals surface area contributed by atoms with Gasteiger partial charge >= 0.3 is 0 Å². The van der Waals surface area contributed by atoms with Crippen LogP contribution in [0.3, 0.4) is 0 Å². The fourth-order valence-electron chi connectivity index (χ4n) is 2.56. The largest absolute Gasteiger partial charge is 0.497 e. The third-order valence-corrected chi connectivity index (χ3v) is 4.05. The Labute approximate surface area is 149 Å². The number of benzene rings is 2. The van der Waals surface area contributed by atoms with E-state index in [-0.39, 0.29) is 0 Å². The molecule has 0 radical (unpaired) electrons. The summed E-state index contributed by atoms with van der Waals surface area (Å²) in [5.74, 6) is 1.94. The van der Waals surface area contributed by atoms with Crippen molar-refractivity contribution in [2.45, 2.75) is 0 Å². The van der Waals surface area contributed by atoms with Gasteiger partial charge in [0.2, 0.25) is 5.88 Å². The molecular formula is C19H14ClN3O2. The van der Waals surface area contributed by atoms with Crippen molar-refractivity contribution < 1.29 is 9.47 Å². The molecule has 2 heterocycles. The van der Waals surface area contributed by atoms with Gasteiger partial charge in [-0.15, -0.1) is 0 Å². The Morgan fingerprint density at radius 3 is 2.60 bits per heavy atom. The molecule has 5 nitrogen and oxygen atoms in total. The molecule has 1 N–H and O–H groups in total. The number of methoxy groups -OCH3 is 1. The quantitative estimate of drug-likeness (QED) is 0.557. The molecular weight excluding hydrogens is 338 g/mol. The topological polar surface area (TPSA) is 60.0 Å². The van der Waals surface area contributed by atoms with Crippen LogP contribution in [0.4, 0.5) is 0 Å². The van der Waals surface area contributed by atoms with Gasteiger partial charge in [-0.25, -0.2) is 9.97 Å². The normalized spacial score (nSPS) is 10.8. The third-order valence-electron chi connectivity index (χ3n) is 3.80. The second-order valence-electron chi connectivity index (χ2n) is 5.41. The number of nitrogens with one attached hydrogen (secondary N) is 1. The summed E-state index contributed by atoms with van der Waals surface area (Å²) in [6.07, 6.45) is 1.47. The van der Waals surface area contributed by atoms with Gasteiger partial charge < -0.3 is 14.5 Å². The maximum absolute atomic E-state index is 5.91. The van der Waals surface area contributed by atoms with Gasteiger partial charge in [0.25, 0.3) is 0 Å². The van der Waals surface area contributed by atoms with E-state index in [1.165, 1.54) is 6.33 Å². The van der Waals surface area contributed by atoms with E-state index in [2.05, 4.69) is 15.0 Å². The minimum Gasteiger partial charge on any atom is -0.497 e. The number of hydrogen-bond acceptors (Lipinski definition) is 4. The number of rotatable bonds is 4. The average molecular weight is 352 g/mol. The molecule has 0 aliphatic rings. The van der Waals surface area contributed by atoms with Gasteiger partial charge in [-0.3, -0.25) is 0 Å². The summed E-state index contributed by atoms with van der Waals surface area (Å²) in [6, 6.07) is 16.9. The van der Waals surface area contributed by atoms with Gasteiger partial charge in [-0.2, -0.15) is 0 Å². The summed E-state index contributed by atoms with van der Waals surface area (Å²) in [5, 5.41) is 1.46. The number of ether oxygens (including phenoxy) is 2. The van der Waals surface area contributed by atoms with Crippen molar-refractivity contribution >= 4 is 22.6 Å². The van der Waals surface area contributed by atoms with E-state index in [0.29, 0.717) is 22.3 Å². The number of H-pyrrole nitrogens is 1. The van der Waals surface area contributed by atoms with Gasteiger partial charge in [-0.05, 0) is 42.5 Å². The lowest BCUT2D eigenvalue weighted by molar-refractivity contribution is 0.415. The number of hydrogen-bond donors (Lipinski definition) is 1. The van der Waals surface area contributed by atoms with Gasteiger partial charge in [0.1, 0.15) is 23.5 Å². The van der Waals surface area contributed by atoms with Crippen LogP contribution in [-0.4, -0.2) is 22.1 Å². The molecule has 0 saturated heterocycles. The van der Waals surface area contributed by atoms with E-state index in [1.807, 2.05) is 30.3 Å². The second kappa shape index (κ2) is 6.45. The first-order valence-corrected chi connectivity index (χ1v) is 8.02. The van der Waals surface area contributed by atoms with Crippen LogP contribution in [0, 0.1) is 0 Å². The van der Waals surface area contributed by atoms with E-state index in [9.17, 15) is 0 Å². The number of fused-ring (bicyclic) bond motifs is 1. The lowest BCUT2D eigenvalue weighted by Crippen LogP contribution is -1.89. The van der Waals surface area contributed by atoms with Crippen LogP contribution in [0.1, 0.15) is 0 Å². The summed E-state index contributed by atoms with van der Waals surface area (Å²) in [5.41, 5.74) is 2.61. The molecule has 0 bridgehead atoms. The average Bonchev–Trinajstić information content (AvgIpc) is 3.09. The molecule has 4 aromatic rings. The van der Waals surface area contributed by atoms with E-state index in [4.69, 9.17) is 21.1 Å². The minimum atomic E-state index is 0.484. The van der Waals surface area contributed by atoms with Crippen molar-refractivity contribution in [3.63, 3.8) is 0 Å². The fraction of sp³-hybridized carbons (Fsp3) is 0.0526. The lowest BCUT2D eigenvalue weighted by Gasteiger charge is -2.04. The Balaban J connectivity index is 1.74. The molecule has 25 heavy (non-hydrogen) atoms. The monoisotopic (exact) mass is 351 g/mol. The molecule has 124 valence electrons. The highest BCUT2D eigenvalue weighted by atomic mass is 35.5. The van der Waals surface area contributed by atoms with E-state index in [0.717, 1.165) is 22.4 Å². The molecule has 6 heteroatoms. The lowest BCUT2D eigenvalue weighted by atomic mass is 10.1. The van der Waals surface area contributed by atoms with E-state index >= 15 is 0 Å². The molecule has 0 atom stereocenters. The first-order valence-electron chi connectivity index (χ1n) is 7.64. The molecule has 0 unspecified atom stereocenters. The molecule has 0 amide bonds. The zero-order valence-electron chi connectivity index (χ0n) is 13.4. The van der Waals surface area contributed by atoms with Crippen LogP contribution in [0.2, 0.25) is 5.02 Å². The van der Waals surface area contributed by atoms with Crippen LogP contribution in [0.15, 0.2) is 60.9 Å². The summed E-state index contributed by atoms with van der Waals surface area (Å²) in [7, 11) is 1.65. The first kappa shape index (κ1) is 15.5. The van der Waals surface area contributed by atoms with Gasteiger partial charge in [0.05, 0.1) is 12.5 Å². The SMILES string of the molecule is COc1cccc(-c2cc3c(Oc4ccc(Cl)cc4)ncnc3[nH]2)c1. The molecule has 0 aliphatic heterocycles. The highest BCUT2D eigenvalue weighted by molar-refractivity contribution is 6.30. The fourth-order valence-corrected chi connectivity index (χ4v) is 2.68. The molecule has 0 aliphatic carbocycles. The Morgan fingerprint density at radius 2 is 1.80 bits per heavy atom. The van der Waals surface area contributed by atoms with Crippen LogP contribution >= 0.6 is 11.6 Å². The van der Waals surface area contributed by atoms with Crippen molar-refractivity contribution in [3.8, 4) is 28.6 Å². The Kier molecular flexibility index (Phi) is 3.99. The van der Waals surface area contributed by atoms with Crippen LogP contribution < -0.4 is 9.47 Å². The van der Waals surface area contributed by atoms with Gasteiger partial charge in [0.15, 0.2) is 0 Å². The highest BCUT2D eigenvalue weighted by Gasteiger charge is 2.11. The first-order chi connectivity index (χ1) is 12.2. The van der Waals surface area contributed by atoms with Crippen molar-refractivity contribution in [3.05, 3.63) is 65.9 Å². The molecule has 2 aromatic carbocycles. The predicted octanol–water partition coefficient (Wildman–Crippen LogP) is 5.08. The van der Waals surface area contributed by atoms with Gasteiger partial charge in [-0.1, -0.05) is 23.7 Å². The number of aromatic nitrogens is 3. The summed E-state index contributed by atoms with van der Waals surface area (Å²) >= 11 is 5.91. The van der Waals surface area contributed by atoms with Gasteiger partial charge in [0, 0.05) is 16.3 Å². The molecule has 0 fully saturated rings. The van der Waals surface area contributed by atoms with Crippen molar-refractivity contribution in [2.24, 2.45) is 0 Å². The van der Waals surface area contributed by atoms with Crippen LogP contribution in [0.5, 0.6) is 17.4 Å². The maximum Gasteiger partial charge on any atom is 0.231 e. The zero-order valence-corrected chi connectivity index (χ0v) is 14.1. The Bertz CT molecular complexity index is 1030. The highest BCUT2D eigenvalue weighted by Crippen LogP contribution is 2.32. The Hall–Kier alpha value is -3.05. The van der Waals surface area contributed by atoms with E-state index < -0.39 is 0 Å². The van der Waals surface area contributed by atoms with Crippen LogP contribution in [-0.2, 0) is 0 Å². The van der Waals surface area contributed by atoms with E-state index in [1.54, 1.807) is 31.4 Å². The zero-order chi connectivity index (χ0) is 17.2. The molecule has 0 spiro atoms.